The van der Waals surface area contributed by atoms with E-state index in [-0.39, 0.29) is 5.97 Å². The summed E-state index contributed by atoms with van der Waals surface area (Å²) in [4.78, 5) is 10.4. The highest BCUT2D eigenvalue weighted by Crippen LogP contribution is 1.91. The third-order valence-corrected chi connectivity index (χ3v) is 0.867. The second-order valence-corrected chi connectivity index (χ2v) is 1.37. The van der Waals surface area contributed by atoms with E-state index < -0.39 is 0 Å². The molecule has 0 bridgehead atoms. The number of hydrogen-bond donors (Lipinski definition) is 1. The number of ether oxygens (including phenoxy) is 1. The molecule has 0 aromatic heterocycles. The Kier molecular flexibility index (Phi) is 3.19. The first-order valence-electron chi connectivity index (χ1n) is 2.32. The number of carbonyl (C=O) groups excluding carboxylic acids is 1. The van der Waals surface area contributed by atoms with E-state index in [2.05, 4.69) is 10.1 Å². The van der Waals surface area contributed by atoms with Crippen molar-refractivity contribution < 1.29 is 9.53 Å². The van der Waals surface area contributed by atoms with E-state index in [9.17, 15) is 4.79 Å². The molecule has 0 atom stereocenters. The standard InChI is InChI=1S/C5H10NO2/c1-4(6-2)5(7)8-3/h6H,1-3H3. The Morgan fingerprint density at radius 2 is 2.12 bits per heavy atom. The molecule has 0 spiro atoms. The summed E-state index contributed by atoms with van der Waals surface area (Å²) >= 11 is 0. The molecule has 0 aromatic carbocycles. The van der Waals surface area contributed by atoms with Crippen LogP contribution in [0, 0.1) is 6.04 Å². The normalized spacial score (nSPS) is 9.50. The first-order chi connectivity index (χ1) is 3.72. The molecule has 1 radical (unpaired) electrons. The van der Waals surface area contributed by atoms with E-state index in [4.69, 9.17) is 0 Å². The average Bonchev–Trinajstić information content (AvgIpc) is 1.84. The van der Waals surface area contributed by atoms with Crippen molar-refractivity contribution >= 4 is 5.97 Å². The minimum Gasteiger partial charge on any atom is -0.468 e. The average molecular weight is 116 g/mol. The van der Waals surface area contributed by atoms with Gasteiger partial charge in [0.25, 0.3) is 0 Å². The van der Waals surface area contributed by atoms with Gasteiger partial charge in [-0.1, -0.05) is 0 Å². The number of esters is 1. The van der Waals surface area contributed by atoms with Crippen molar-refractivity contribution in [2.75, 3.05) is 14.2 Å². The lowest BCUT2D eigenvalue weighted by Crippen LogP contribution is -2.22. The molecule has 8 heavy (non-hydrogen) atoms. The van der Waals surface area contributed by atoms with Crippen LogP contribution in [0.4, 0.5) is 0 Å². The summed E-state index contributed by atoms with van der Waals surface area (Å²) in [7, 11) is 3.02. The molecule has 47 valence electrons. The van der Waals surface area contributed by atoms with Gasteiger partial charge in [-0.25, -0.2) is 4.79 Å². The molecule has 0 rings (SSSR count). The van der Waals surface area contributed by atoms with Crippen LogP contribution in [0.1, 0.15) is 6.92 Å². The summed E-state index contributed by atoms with van der Waals surface area (Å²) in [6.07, 6.45) is 0. The number of likely N-dealkylation sites (N-methyl/N-ethyl adjacent to an activating group) is 1. The SMILES string of the molecule is CN[C](C)C(=O)OC. The first kappa shape index (κ1) is 7.43. The zero-order chi connectivity index (χ0) is 6.57. The molecule has 3 nitrogen and oxygen atoms in total. The summed E-state index contributed by atoms with van der Waals surface area (Å²) in [5.74, 6) is -0.312. The number of hydrogen-bond acceptors (Lipinski definition) is 3. The number of carbonyl (C=O) groups is 1. The van der Waals surface area contributed by atoms with Crippen LogP contribution in [-0.2, 0) is 9.53 Å². The molecule has 0 aliphatic heterocycles. The fourth-order valence-corrected chi connectivity index (χ4v) is 0.255. The maximum Gasteiger partial charge on any atom is 0.328 e. The highest BCUT2D eigenvalue weighted by Gasteiger charge is 2.09. The molecule has 0 amide bonds. The van der Waals surface area contributed by atoms with Gasteiger partial charge in [-0.2, -0.15) is 0 Å². The molecule has 1 N–H and O–H groups in total. The second kappa shape index (κ2) is 3.43. The second-order valence-electron chi connectivity index (χ2n) is 1.37. The summed E-state index contributed by atoms with van der Waals surface area (Å²) < 4.78 is 4.36. The van der Waals surface area contributed by atoms with E-state index in [0.717, 1.165) is 0 Å². The lowest BCUT2D eigenvalue weighted by Gasteiger charge is -2.03. The van der Waals surface area contributed by atoms with Crippen LogP contribution in [0.25, 0.3) is 0 Å². The van der Waals surface area contributed by atoms with Crippen molar-refractivity contribution in [3.05, 3.63) is 6.04 Å². The Hall–Kier alpha value is -0.570. The molecule has 0 saturated carbocycles. The van der Waals surface area contributed by atoms with Crippen LogP contribution < -0.4 is 5.32 Å². The highest BCUT2D eigenvalue weighted by atomic mass is 16.5. The summed E-state index contributed by atoms with van der Waals surface area (Å²) in [6, 6.07) is 0.521. The largest absolute Gasteiger partial charge is 0.468 e. The lowest BCUT2D eigenvalue weighted by atomic mass is 10.4. The third kappa shape index (κ3) is 1.93. The lowest BCUT2D eigenvalue weighted by molar-refractivity contribution is -0.138. The summed E-state index contributed by atoms with van der Waals surface area (Å²) in [5.41, 5.74) is 0. The van der Waals surface area contributed by atoms with Gasteiger partial charge in [0.05, 0.1) is 7.11 Å². The van der Waals surface area contributed by atoms with E-state index in [1.54, 1.807) is 14.0 Å². The van der Waals surface area contributed by atoms with Crippen molar-refractivity contribution in [1.82, 2.24) is 5.32 Å². The van der Waals surface area contributed by atoms with Gasteiger partial charge in [-0.15, -0.1) is 0 Å². The first-order valence-corrected chi connectivity index (χ1v) is 2.32. The highest BCUT2D eigenvalue weighted by molar-refractivity contribution is 5.83. The van der Waals surface area contributed by atoms with Gasteiger partial charge < -0.3 is 10.1 Å². The van der Waals surface area contributed by atoms with E-state index in [1.165, 1.54) is 7.11 Å². The Morgan fingerprint density at radius 3 is 2.25 bits per heavy atom. The number of nitrogens with one attached hydrogen (secondary N) is 1. The van der Waals surface area contributed by atoms with Crippen molar-refractivity contribution in [3.8, 4) is 0 Å². The molecule has 0 saturated heterocycles. The van der Waals surface area contributed by atoms with Crippen LogP contribution in [-0.4, -0.2) is 20.1 Å². The number of methoxy groups -OCH3 is 1. The van der Waals surface area contributed by atoms with Crippen LogP contribution in [0.15, 0.2) is 0 Å². The maximum absolute atomic E-state index is 10.4. The van der Waals surface area contributed by atoms with Crippen LogP contribution >= 0.6 is 0 Å². The van der Waals surface area contributed by atoms with Crippen molar-refractivity contribution in [2.45, 2.75) is 6.92 Å². The van der Waals surface area contributed by atoms with Crippen molar-refractivity contribution in [3.63, 3.8) is 0 Å². The summed E-state index contributed by atoms with van der Waals surface area (Å²) in [5, 5.41) is 2.66. The van der Waals surface area contributed by atoms with Gasteiger partial charge in [0.1, 0.15) is 6.04 Å². The monoisotopic (exact) mass is 116 g/mol. The van der Waals surface area contributed by atoms with E-state index in [0.29, 0.717) is 6.04 Å². The smallest absolute Gasteiger partial charge is 0.328 e. The van der Waals surface area contributed by atoms with Gasteiger partial charge in [-0.05, 0) is 14.0 Å². The molecular weight excluding hydrogens is 106 g/mol. The quantitative estimate of drug-likeness (QED) is 0.513. The summed E-state index contributed by atoms with van der Waals surface area (Å²) in [6.45, 7) is 1.66. The fourth-order valence-electron chi connectivity index (χ4n) is 0.255. The van der Waals surface area contributed by atoms with Gasteiger partial charge in [0, 0.05) is 0 Å². The Labute approximate surface area is 49.0 Å². The molecule has 0 aliphatic rings. The maximum atomic E-state index is 10.4. The fraction of sp³-hybridized carbons (Fsp3) is 0.600. The zero-order valence-corrected chi connectivity index (χ0v) is 5.32. The Morgan fingerprint density at radius 1 is 1.62 bits per heavy atom. The van der Waals surface area contributed by atoms with Crippen molar-refractivity contribution in [1.29, 1.82) is 0 Å². The van der Waals surface area contributed by atoms with Gasteiger partial charge in [0.2, 0.25) is 0 Å². The molecular formula is C5H10NO2. The predicted molar refractivity (Wildman–Crippen MR) is 30.0 cm³/mol. The van der Waals surface area contributed by atoms with Gasteiger partial charge >= 0.3 is 5.97 Å². The molecule has 0 heterocycles. The molecule has 0 aromatic rings. The molecule has 0 fully saturated rings. The van der Waals surface area contributed by atoms with E-state index in [1.807, 2.05) is 0 Å². The van der Waals surface area contributed by atoms with Gasteiger partial charge in [0.15, 0.2) is 0 Å². The van der Waals surface area contributed by atoms with Crippen LogP contribution in [0.3, 0.4) is 0 Å². The zero-order valence-electron chi connectivity index (χ0n) is 5.32. The molecule has 0 unspecified atom stereocenters. The van der Waals surface area contributed by atoms with Crippen LogP contribution in [0.5, 0.6) is 0 Å². The minimum atomic E-state index is -0.312. The Balaban J connectivity index is 3.46. The Bertz CT molecular complexity index is 82.5. The topological polar surface area (TPSA) is 38.3 Å². The van der Waals surface area contributed by atoms with Gasteiger partial charge in [-0.3, -0.25) is 0 Å². The van der Waals surface area contributed by atoms with Crippen LogP contribution in [0.2, 0.25) is 0 Å². The van der Waals surface area contributed by atoms with Crippen molar-refractivity contribution in [2.24, 2.45) is 0 Å². The number of rotatable bonds is 2. The van der Waals surface area contributed by atoms with E-state index >= 15 is 0 Å². The molecule has 0 aliphatic carbocycles. The predicted octanol–water partition coefficient (Wildman–Crippen LogP) is -0.0693. The molecule has 3 heteroatoms. The minimum absolute atomic E-state index is 0.312. The third-order valence-electron chi connectivity index (χ3n) is 0.867.